The molecule has 0 bridgehead atoms. The third-order valence-electron chi connectivity index (χ3n) is 3.20. The molecule has 0 saturated carbocycles. The monoisotopic (exact) mass is 407 g/mol. The van der Waals surface area contributed by atoms with E-state index in [1.165, 1.54) is 4.88 Å². The molecule has 0 aliphatic carbocycles. The fourth-order valence-electron chi connectivity index (χ4n) is 2.03. The number of rotatable bonds is 8. The fourth-order valence-corrected chi connectivity index (χ4v) is 4.99. The van der Waals surface area contributed by atoms with E-state index >= 15 is 0 Å². The molecule has 4 aromatic rings. The molecule has 25 heavy (non-hydrogen) atoms. The van der Waals surface area contributed by atoms with E-state index in [1.54, 1.807) is 45.8 Å². The smallest absolute Gasteiger partial charge is 0.258 e. The lowest BCUT2D eigenvalue weighted by Gasteiger charge is -1.98. The van der Waals surface area contributed by atoms with Gasteiger partial charge in [0.15, 0.2) is 10.2 Å². The molecule has 0 aromatic carbocycles. The average molecular weight is 408 g/mol. The van der Waals surface area contributed by atoms with Gasteiger partial charge >= 0.3 is 0 Å². The van der Waals surface area contributed by atoms with Gasteiger partial charge in [0.05, 0.1) is 11.3 Å². The number of anilines is 1. The minimum Gasteiger partial charge on any atom is -0.360 e. The minimum atomic E-state index is 0.560. The van der Waals surface area contributed by atoms with Crippen LogP contribution in [0.4, 0.5) is 5.13 Å². The molecule has 0 atom stereocenters. The summed E-state index contributed by atoms with van der Waals surface area (Å²) in [6.45, 7) is 0.856. The van der Waals surface area contributed by atoms with E-state index in [-0.39, 0.29) is 0 Å². The zero-order valence-corrected chi connectivity index (χ0v) is 16.2. The maximum atomic E-state index is 5.28. The first-order chi connectivity index (χ1) is 12.4. The molecule has 0 spiro atoms. The van der Waals surface area contributed by atoms with Crippen molar-refractivity contribution in [2.45, 2.75) is 16.5 Å². The summed E-state index contributed by atoms with van der Waals surface area (Å²) in [5.74, 6) is 1.83. The molecule has 6 nitrogen and oxygen atoms in total. The predicted molar refractivity (Wildman–Crippen MR) is 104 cm³/mol. The van der Waals surface area contributed by atoms with Crippen molar-refractivity contribution in [2.24, 2.45) is 0 Å². The predicted octanol–water partition coefficient (Wildman–Crippen LogP) is 4.66. The Morgan fingerprint density at radius 3 is 3.04 bits per heavy atom. The van der Waals surface area contributed by atoms with E-state index in [2.05, 4.69) is 43.2 Å². The summed E-state index contributed by atoms with van der Waals surface area (Å²) in [4.78, 5) is 5.77. The summed E-state index contributed by atoms with van der Waals surface area (Å²) in [6.07, 6.45) is 0.994. The number of hydrogen-bond donors (Lipinski definition) is 1. The summed E-state index contributed by atoms with van der Waals surface area (Å²) in [6, 6.07) is 6.18. The topological polar surface area (TPSA) is 76.7 Å². The minimum absolute atomic E-state index is 0.560. The third kappa shape index (κ3) is 4.46. The van der Waals surface area contributed by atoms with Crippen LogP contribution in [-0.2, 0) is 12.2 Å². The molecular weight excluding hydrogens is 394 g/mol. The quantitative estimate of drug-likeness (QED) is 0.426. The van der Waals surface area contributed by atoms with Gasteiger partial charge in [0.1, 0.15) is 0 Å². The van der Waals surface area contributed by atoms with Crippen LogP contribution in [0.25, 0.3) is 11.5 Å². The number of thiophene rings is 2. The Balaban J connectivity index is 1.26. The van der Waals surface area contributed by atoms with Crippen LogP contribution in [0.5, 0.6) is 0 Å². The molecule has 0 amide bonds. The van der Waals surface area contributed by atoms with Crippen molar-refractivity contribution in [2.75, 3.05) is 11.9 Å². The highest BCUT2D eigenvalue weighted by atomic mass is 32.2. The molecule has 4 rings (SSSR count). The summed E-state index contributed by atoms with van der Waals surface area (Å²) in [7, 11) is 0. The molecule has 10 heteroatoms. The van der Waals surface area contributed by atoms with Crippen LogP contribution in [0.3, 0.4) is 0 Å². The molecule has 0 unspecified atom stereocenters. The maximum Gasteiger partial charge on any atom is 0.258 e. The van der Waals surface area contributed by atoms with E-state index in [4.69, 9.17) is 4.52 Å². The number of nitrogens with zero attached hydrogens (tertiary/aromatic N) is 4. The molecule has 0 fully saturated rings. The summed E-state index contributed by atoms with van der Waals surface area (Å²) < 4.78 is 6.17. The highest BCUT2D eigenvalue weighted by molar-refractivity contribution is 8.00. The van der Waals surface area contributed by atoms with Crippen LogP contribution in [0.2, 0.25) is 0 Å². The molecule has 0 aliphatic heterocycles. The van der Waals surface area contributed by atoms with Crippen LogP contribution in [-0.4, -0.2) is 26.9 Å². The van der Waals surface area contributed by atoms with Crippen LogP contribution < -0.4 is 5.32 Å². The Morgan fingerprint density at radius 2 is 2.20 bits per heavy atom. The van der Waals surface area contributed by atoms with Gasteiger partial charge in [0.25, 0.3) is 5.89 Å². The van der Waals surface area contributed by atoms with Crippen LogP contribution in [0.1, 0.15) is 10.7 Å². The first kappa shape index (κ1) is 16.7. The van der Waals surface area contributed by atoms with Crippen molar-refractivity contribution in [3.05, 3.63) is 45.0 Å². The third-order valence-corrected chi connectivity index (χ3v) is 6.82. The number of aromatic nitrogens is 4. The number of nitrogens with one attached hydrogen (secondary N) is 1. The summed E-state index contributed by atoms with van der Waals surface area (Å²) >= 11 is 6.48. The molecule has 128 valence electrons. The number of hydrogen-bond acceptors (Lipinski definition) is 10. The van der Waals surface area contributed by atoms with Gasteiger partial charge in [0.2, 0.25) is 5.13 Å². The van der Waals surface area contributed by atoms with Gasteiger partial charge in [-0.2, -0.15) is 16.3 Å². The lowest BCUT2D eigenvalue weighted by atomic mass is 10.3. The van der Waals surface area contributed by atoms with Gasteiger partial charge in [-0.3, -0.25) is 0 Å². The largest absolute Gasteiger partial charge is 0.360 e. The Bertz CT molecular complexity index is 900. The standard InChI is InChI=1S/C15H13N5OS4/c1-2-11(23-6-1)3-5-16-14-18-19-15(25-14)24-9-12-17-13(21-20-12)10-4-7-22-8-10/h1-2,4,6-8H,3,5,9H2,(H,16,18). The van der Waals surface area contributed by atoms with Crippen molar-refractivity contribution < 1.29 is 4.52 Å². The first-order valence-electron chi connectivity index (χ1n) is 7.44. The Hall–Kier alpha value is -1.75. The zero-order valence-electron chi connectivity index (χ0n) is 12.9. The molecule has 0 radical (unpaired) electrons. The van der Waals surface area contributed by atoms with Crippen molar-refractivity contribution in [1.82, 2.24) is 20.3 Å². The molecule has 1 N–H and O–H groups in total. The maximum absolute atomic E-state index is 5.28. The highest BCUT2D eigenvalue weighted by Gasteiger charge is 2.11. The summed E-state index contributed by atoms with van der Waals surface area (Å²) in [5.41, 5.74) is 0.960. The van der Waals surface area contributed by atoms with Gasteiger partial charge in [-0.15, -0.1) is 21.5 Å². The molecule has 4 aromatic heterocycles. The molecule has 0 saturated heterocycles. The second-order valence-corrected chi connectivity index (χ2v) is 8.96. The van der Waals surface area contributed by atoms with E-state index in [0.717, 1.165) is 28.0 Å². The van der Waals surface area contributed by atoms with Crippen LogP contribution in [0.15, 0.2) is 43.2 Å². The van der Waals surface area contributed by atoms with E-state index in [0.29, 0.717) is 17.5 Å². The molecule has 0 aliphatic rings. The van der Waals surface area contributed by atoms with Crippen LogP contribution in [0, 0.1) is 0 Å². The Labute approximate surface area is 160 Å². The van der Waals surface area contributed by atoms with E-state index < -0.39 is 0 Å². The SMILES string of the molecule is c1csc(CCNc2nnc(SCc3noc(-c4ccsc4)n3)s2)c1. The zero-order chi connectivity index (χ0) is 16.9. The average Bonchev–Trinajstić information content (AvgIpc) is 3.39. The van der Waals surface area contributed by atoms with Crippen molar-refractivity contribution >= 4 is 50.9 Å². The lowest BCUT2D eigenvalue weighted by molar-refractivity contribution is 0.425. The van der Waals surface area contributed by atoms with Gasteiger partial charge in [0, 0.05) is 16.8 Å². The molecular formula is C15H13N5OS4. The van der Waals surface area contributed by atoms with E-state index in [9.17, 15) is 0 Å². The van der Waals surface area contributed by atoms with Gasteiger partial charge in [-0.1, -0.05) is 34.3 Å². The normalized spacial score (nSPS) is 11.0. The van der Waals surface area contributed by atoms with E-state index in [1.807, 2.05) is 16.8 Å². The fraction of sp³-hybridized carbons (Fsp3) is 0.200. The second kappa shape index (κ2) is 8.09. The summed E-state index contributed by atoms with van der Waals surface area (Å²) in [5, 5.41) is 22.6. The van der Waals surface area contributed by atoms with Crippen molar-refractivity contribution in [1.29, 1.82) is 0 Å². The van der Waals surface area contributed by atoms with Gasteiger partial charge < -0.3 is 9.84 Å². The van der Waals surface area contributed by atoms with Crippen molar-refractivity contribution in [3.8, 4) is 11.5 Å². The second-order valence-electron chi connectivity index (χ2n) is 4.95. The highest BCUT2D eigenvalue weighted by Crippen LogP contribution is 2.28. The Morgan fingerprint density at radius 1 is 1.20 bits per heavy atom. The van der Waals surface area contributed by atoms with Crippen LogP contribution >= 0.6 is 45.8 Å². The van der Waals surface area contributed by atoms with Crippen molar-refractivity contribution in [3.63, 3.8) is 0 Å². The van der Waals surface area contributed by atoms with Gasteiger partial charge in [-0.25, -0.2) is 0 Å². The Kier molecular flexibility index (Phi) is 5.40. The first-order valence-corrected chi connectivity index (χ1v) is 11.1. The lowest BCUT2D eigenvalue weighted by Crippen LogP contribution is -2.03. The van der Waals surface area contributed by atoms with Gasteiger partial charge in [-0.05, 0) is 29.3 Å². The number of thioether (sulfide) groups is 1. The molecule has 4 heterocycles.